The number of ether oxygens (including phenoxy) is 1. The van der Waals surface area contributed by atoms with Gasteiger partial charge in [0.2, 0.25) is 5.91 Å². The van der Waals surface area contributed by atoms with Gasteiger partial charge in [-0.2, -0.15) is 5.10 Å². The Labute approximate surface area is 159 Å². The Balaban J connectivity index is 2.05. The summed E-state index contributed by atoms with van der Waals surface area (Å²) in [5.74, 6) is -0.878. The molecule has 2 N–H and O–H groups in total. The third-order valence-electron chi connectivity index (χ3n) is 3.93. The van der Waals surface area contributed by atoms with E-state index < -0.39 is 5.92 Å². The number of carbonyl (C=O) groups is 2. The predicted molar refractivity (Wildman–Crippen MR) is 105 cm³/mol. The molecule has 142 valence electrons. The van der Waals surface area contributed by atoms with Crippen LogP contribution in [0.5, 0.6) is 0 Å². The van der Waals surface area contributed by atoms with Crippen molar-refractivity contribution in [2.75, 3.05) is 20.3 Å². The zero-order valence-electron chi connectivity index (χ0n) is 15.6. The van der Waals surface area contributed by atoms with E-state index in [1.165, 1.54) is 0 Å². The molecule has 27 heavy (non-hydrogen) atoms. The summed E-state index contributed by atoms with van der Waals surface area (Å²) in [5.41, 5.74) is 4.88. The van der Waals surface area contributed by atoms with E-state index in [9.17, 15) is 9.59 Å². The van der Waals surface area contributed by atoms with Crippen LogP contribution in [0.3, 0.4) is 0 Å². The van der Waals surface area contributed by atoms with Crippen LogP contribution < -0.4 is 10.7 Å². The first-order chi connectivity index (χ1) is 13.1. The largest absolute Gasteiger partial charge is 0.383 e. The van der Waals surface area contributed by atoms with E-state index in [-0.39, 0.29) is 18.2 Å². The molecule has 0 atom stereocenters. The van der Waals surface area contributed by atoms with Gasteiger partial charge < -0.3 is 10.1 Å². The molecule has 2 aromatic carbocycles. The van der Waals surface area contributed by atoms with Crippen LogP contribution in [-0.2, 0) is 14.3 Å². The summed E-state index contributed by atoms with van der Waals surface area (Å²) in [6.07, 6.45) is 0.116. The molecule has 0 unspecified atom stereocenters. The minimum Gasteiger partial charge on any atom is -0.383 e. The topological polar surface area (TPSA) is 79.8 Å². The van der Waals surface area contributed by atoms with Gasteiger partial charge in [-0.25, -0.2) is 5.43 Å². The van der Waals surface area contributed by atoms with Gasteiger partial charge in [0.25, 0.3) is 5.91 Å². The highest BCUT2D eigenvalue weighted by Crippen LogP contribution is 2.24. The Hall–Kier alpha value is -2.99. The summed E-state index contributed by atoms with van der Waals surface area (Å²) in [6, 6.07) is 19.1. The van der Waals surface area contributed by atoms with Crippen LogP contribution in [0.15, 0.2) is 65.8 Å². The second kappa shape index (κ2) is 10.9. The highest BCUT2D eigenvalue weighted by atomic mass is 16.5. The molecule has 0 aliphatic carbocycles. The molecule has 0 aliphatic rings. The maximum Gasteiger partial charge on any atom is 0.252 e. The number of benzene rings is 2. The number of nitrogens with zero attached hydrogens (tertiary/aromatic N) is 1. The van der Waals surface area contributed by atoms with Crippen molar-refractivity contribution in [3.63, 3.8) is 0 Å². The van der Waals surface area contributed by atoms with Crippen molar-refractivity contribution in [2.24, 2.45) is 5.10 Å². The van der Waals surface area contributed by atoms with Crippen molar-refractivity contribution in [3.8, 4) is 0 Å². The highest BCUT2D eigenvalue weighted by molar-refractivity contribution is 6.00. The number of carbonyl (C=O) groups excluding carboxylic acids is 2. The molecule has 2 aromatic rings. The van der Waals surface area contributed by atoms with E-state index in [0.717, 1.165) is 11.1 Å². The van der Waals surface area contributed by atoms with Crippen molar-refractivity contribution in [1.29, 1.82) is 0 Å². The molecule has 0 aliphatic heterocycles. The van der Waals surface area contributed by atoms with E-state index in [1.54, 1.807) is 14.0 Å². The third-order valence-corrected chi connectivity index (χ3v) is 3.93. The summed E-state index contributed by atoms with van der Waals surface area (Å²) in [7, 11) is 1.57. The van der Waals surface area contributed by atoms with E-state index in [2.05, 4.69) is 15.8 Å². The molecule has 0 radical (unpaired) electrons. The van der Waals surface area contributed by atoms with E-state index >= 15 is 0 Å². The van der Waals surface area contributed by atoms with Crippen LogP contribution in [0.4, 0.5) is 0 Å². The Morgan fingerprint density at radius 2 is 1.56 bits per heavy atom. The van der Waals surface area contributed by atoms with Crippen LogP contribution in [0.2, 0.25) is 0 Å². The molecule has 0 heterocycles. The summed E-state index contributed by atoms with van der Waals surface area (Å²) in [4.78, 5) is 24.6. The second-order valence-corrected chi connectivity index (χ2v) is 6.10. The Morgan fingerprint density at radius 1 is 1.00 bits per heavy atom. The zero-order chi connectivity index (χ0) is 19.5. The first-order valence-corrected chi connectivity index (χ1v) is 8.80. The predicted octanol–water partition coefficient (Wildman–Crippen LogP) is 2.46. The lowest BCUT2D eigenvalue weighted by Crippen LogP contribution is -2.30. The fourth-order valence-electron chi connectivity index (χ4n) is 2.63. The van der Waals surface area contributed by atoms with Crippen LogP contribution in [0.25, 0.3) is 0 Å². The van der Waals surface area contributed by atoms with Gasteiger partial charge in [0.1, 0.15) is 0 Å². The molecule has 2 rings (SSSR count). The van der Waals surface area contributed by atoms with Gasteiger partial charge in [-0.15, -0.1) is 0 Å². The number of hydrogen-bond donors (Lipinski definition) is 2. The van der Waals surface area contributed by atoms with Gasteiger partial charge in [0, 0.05) is 19.4 Å². The van der Waals surface area contributed by atoms with Gasteiger partial charge in [-0.1, -0.05) is 60.7 Å². The summed E-state index contributed by atoms with van der Waals surface area (Å²) >= 11 is 0. The molecular weight excluding hydrogens is 342 g/mol. The number of hydrazone groups is 1. The first-order valence-electron chi connectivity index (χ1n) is 8.80. The highest BCUT2D eigenvalue weighted by Gasteiger charge is 2.22. The molecular formula is C21H25N3O3. The van der Waals surface area contributed by atoms with E-state index in [4.69, 9.17) is 4.74 Å². The van der Waals surface area contributed by atoms with Crippen molar-refractivity contribution >= 4 is 17.5 Å². The fraction of sp³-hybridized carbons (Fsp3) is 0.286. The zero-order valence-corrected chi connectivity index (χ0v) is 15.6. The van der Waals surface area contributed by atoms with Gasteiger partial charge >= 0.3 is 0 Å². The van der Waals surface area contributed by atoms with Gasteiger partial charge in [0.05, 0.1) is 18.9 Å². The Kier molecular flexibility index (Phi) is 8.19. The molecule has 0 spiro atoms. The number of rotatable bonds is 9. The molecule has 0 saturated heterocycles. The lowest BCUT2D eigenvalue weighted by Gasteiger charge is -2.16. The van der Waals surface area contributed by atoms with Crippen LogP contribution in [-0.4, -0.2) is 37.8 Å². The van der Waals surface area contributed by atoms with Crippen molar-refractivity contribution in [3.05, 3.63) is 71.8 Å². The fourth-order valence-corrected chi connectivity index (χ4v) is 2.63. The van der Waals surface area contributed by atoms with E-state index in [1.807, 2.05) is 60.7 Å². The number of amides is 2. The van der Waals surface area contributed by atoms with Crippen molar-refractivity contribution in [2.45, 2.75) is 19.3 Å². The maximum atomic E-state index is 12.8. The van der Waals surface area contributed by atoms with Crippen molar-refractivity contribution < 1.29 is 14.3 Å². The minimum absolute atomic E-state index is 0.116. The van der Waals surface area contributed by atoms with Gasteiger partial charge in [-0.05, 0) is 18.1 Å². The van der Waals surface area contributed by atoms with Crippen molar-refractivity contribution in [1.82, 2.24) is 10.7 Å². The molecule has 0 fully saturated rings. The average molecular weight is 367 g/mol. The molecule has 2 amide bonds. The quantitative estimate of drug-likeness (QED) is 0.406. The monoisotopic (exact) mass is 367 g/mol. The molecule has 0 saturated carbocycles. The molecule has 6 heteroatoms. The molecule has 6 nitrogen and oxygen atoms in total. The minimum atomic E-state index is -0.473. The standard InChI is InChI=1S/C21H25N3O3/c1-16(15-19(25)22-13-14-27-2)23-24-21(26)20(17-9-5-3-6-10-17)18-11-7-4-8-12-18/h3-12,20H,13-15H2,1-2H3,(H,22,25)(H,24,26). The summed E-state index contributed by atoms with van der Waals surface area (Å²) in [5, 5.41) is 6.81. The summed E-state index contributed by atoms with van der Waals surface area (Å²) < 4.78 is 4.88. The average Bonchev–Trinajstić information content (AvgIpc) is 2.68. The lowest BCUT2D eigenvalue weighted by molar-refractivity contribution is -0.122. The van der Waals surface area contributed by atoms with Crippen LogP contribution >= 0.6 is 0 Å². The first kappa shape index (κ1) is 20.3. The molecule has 0 aromatic heterocycles. The molecule has 0 bridgehead atoms. The van der Waals surface area contributed by atoms with E-state index in [0.29, 0.717) is 18.9 Å². The smallest absolute Gasteiger partial charge is 0.252 e. The van der Waals surface area contributed by atoms with Gasteiger partial charge in [-0.3, -0.25) is 9.59 Å². The Bertz CT molecular complexity index is 721. The number of methoxy groups -OCH3 is 1. The van der Waals surface area contributed by atoms with Crippen LogP contribution in [0.1, 0.15) is 30.4 Å². The normalized spacial score (nSPS) is 11.3. The summed E-state index contributed by atoms with van der Waals surface area (Å²) in [6.45, 7) is 2.60. The SMILES string of the molecule is COCCNC(=O)CC(C)=NNC(=O)C(c1ccccc1)c1ccccc1. The maximum absolute atomic E-state index is 12.8. The van der Waals surface area contributed by atoms with Gasteiger partial charge in [0.15, 0.2) is 0 Å². The Morgan fingerprint density at radius 3 is 2.07 bits per heavy atom. The number of nitrogens with one attached hydrogen (secondary N) is 2. The second-order valence-electron chi connectivity index (χ2n) is 6.10. The third kappa shape index (κ3) is 6.67. The van der Waals surface area contributed by atoms with Crippen LogP contribution in [0, 0.1) is 0 Å². The lowest BCUT2D eigenvalue weighted by atomic mass is 9.91. The number of hydrogen-bond acceptors (Lipinski definition) is 4.